The number of thiol groups is 1. The molecule has 0 aliphatic heterocycles. The molecule has 0 saturated carbocycles. The fourth-order valence-electron chi connectivity index (χ4n) is 2.12. The number of fused-ring (bicyclic) bond motifs is 1. The summed E-state index contributed by atoms with van der Waals surface area (Å²) in [6.45, 7) is 4.37. The van der Waals surface area contributed by atoms with Gasteiger partial charge in [0.2, 0.25) is 0 Å². The van der Waals surface area contributed by atoms with Gasteiger partial charge in [-0.1, -0.05) is 30.7 Å². The van der Waals surface area contributed by atoms with Gasteiger partial charge in [0.05, 0.1) is 0 Å². The van der Waals surface area contributed by atoms with Gasteiger partial charge in [0.15, 0.2) is 0 Å². The Balaban J connectivity index is 2.25. The van der Waals surface area contributed by atoms with Gasteiger partial charge >= 0.3 is 0 Å². The monoisotopic (exact) mass is 192 g/mol. The first-order chi connectivity index (χ1) is 6.16. The van der Waals surface area contributed by atoms with Gasteiger partial charge < -0.3 is 0 Å². The van der Waals surface area contributed by atoms with Crippen LogP contribution in [0.25, 0.3) is 0 Å². The van der Waals surface area contributed by atoms with Crippen LogP contribution < -0.4 is 0 Å². The summed E-state index contributed by atoms with van der Waals surface area (Å²) in [4.78, 5) is 0. The molecule has 0 fully saturated rings. The topological polar surface area (TPSA) is 0 Å². The van der Waals surface area contributed by atoms with Crippen LogP contribution in [0.2, 0.25) is 0 Å². The molecule has 1 aliphatic rings. The van der Waals surface area contributed by atoms with Crippen LogP contribution >= 0.6 is 12.6 Å². The zero-order valence-corrected chi connectivity index (χ0v) is 9.14. The number of benzene rings is 1. The zero-order chi connectivity index (χ0) is 9.42. The molecule has 70 valence electrons. The lowest BCUT2D eigenvalue weighted by molar-refractivity contribution is 0.559. The largest absolute Gasteiger partial charge is 0.176 e. The maximum absolute atomic E-state index is 4.52. The standard InChI is InChI=1S/C12H16S/c1-8-3-4-10-6-11(9(2)13)7-12(10)5-8/h3-5,9,11,13H,6-7H2,1-2H3. The van der Waals surface area contributed by atoms with E-state index in [-0.39, 0.29) is 0 Å². The number of aryl methyl sites for hydroxylation is 1. The third kappa shape index (κ3) is 1.76. The Hall–Kier alpha value is -0.430. The molecule has 1 aromatic carbocycles. The maximum Gasteiger partial charge on any atom is 0.00230 e. The quantitative estimate of drug-likeness (QED) is 0.650. The van der Waals surface area contributed by atoms with Crippen molar-refractivity contribution in [3.8, 4) is 0 Å². The Bertz CT molecular complexity index is 315. The van der Waals surface area contributed by atoms with E-state index in [0.29, 0.717) is 5.25 Å². The molecule has 1 heteroatoms. The highest BCUT2D eigenvalue weighted by atomic mass is 32.1. The van der Waals surface area contributed by atoms with Crippen molar-refractivity contribution < 1.29 is 0 Å². The van der Waals surface area contributed by atoms with Gasteiger partial charge in [-0.2, -0.15) is 12.6 Å². The summed E-state index contributed by atoms with van der Waals surface area (Å²) >= 11 is 4.52. The summed E-state index contributed by atoms with van der Waals surface area (Å²) in [7, 11) is 0. The minimum absolute atomic E-state index is 0.521. The van der Waals surface area contributed by atoms with E-state index in [0.717, 1.165) is 5.92 Å². The average Bonchev–Trinajstić information content (AvgIpc) is 2.46. The summed E-state index contributed by atoms with van der Waals surface area (Å²) in [5.74, 6) is 0.750. The highest BCUT2D eigenvalue weighted by Crippen LogP contribution is 2.31. The SMILES string of the molecule is Cc1ccc2c(c1)CC(C(C)S)C2. The molecule has 1 aromatic rings. The summed E-state index contributed by atoms with van der Waals surface area (Å²) in [6.07, 6.45) is 2.45. The molecule has 0 spiro atoms. The summed E-state index contributed by atoms with van der Waals surface area (Å²) < 4.78 is 0. The second-order valence-electron chi connectivity index (χ2n) is 4.18. The van der Waals surface area contributed by atoms with Crippen molar-refractivity contribution in [3.05, 3.63) is 34.9 Å². The van der Waals surface area contributed by atoms with Crippen molar-refractivity contribution in [2.75, 3.05) is 0 Å². The lowest BCUT2D eigenvalue weighted by Gasteiger charge is -2.11. The predicted molar refractivity (Wildman–Crippen MR) is 60.5 cm³/mol. The lowest BCUT2D eigenvalue weighted by Crippen LogP contribution is -2.10. The number of hydrogen-bond acceptors (Lipinski definition) is 1. The first-order valence-corrected chi connectivity index (χ1v) is 5.45. The van der Waals surface area contributed by atoms with Crippen molar-refractivity contribution in [3.63, 3.8) is 0 Å². The van der Waals surface area contributed by atoms with E-state index in [1.54, 1.807) is 5.56 Å². The van der Waals surface area contributed by atoms with Crippen LogP contribution in [0.3, 0.4) is 0 Å². The molecule has 0 aromatic heterocycles. The Morgan fingerprint density at radius 3 is 2.69 bits per heavy atom. The minimum atomic E-state index is 0.521. The van der Waals surface area contributed by atoms with Crippen molar-refractivity contribution in [2.45, 2.75) is 31.9 Å². The highest BCUT2D eigenvalue weighted by Gasteiger charge is 2.23. The van der Waals surface area contributed by atoms with Gasteiger partial charge in [0.25, 0.3) is 0 Å². The highest BCUT2D eigenvalue weighted by molar-refractivity contribution is 7.80. The van der Waals surface area contributed by atoms with Crippen LogP contribution in [-0.4, -0.2) is 5.25 Å². The minimum Gasteiger partial charge on any atom is -0.176 e. The van der Waals surface area contributed by atoms with Crippen molar-refractivity contribution >= 4 is 12.6 Å². The van der Waals surface area contributed by atoms with Crippen LogP contribution in [0.15, 0.2) is 18.2 Å². The molecule has 0 nitrogen and oxygen atoms in total. The van der Waals surface area contributed by atoms with E-state index >= 15 is 0 Å². The third-order valence-electron chi connectivity index (χ3n) is 3.01. The molecular weight excluding hydrogens is 176 g/mol. The van der Waals surface area contributed by atoms with Gasteiger partial charge in [0.1, 0.15) is 0 Å². The zero-order valence-electron chi connectivity index (χ0n) is 8.25. The van der Waals surface area contributed by atoms with Crippen molar-refractivity contribution in [1.29, 1.82) is 0 Å². The first kappa shape index (κ1) is 9.14. The molecule has 2 rings (SSSR count). The summed E-state index contributed by atoms with van der Waals surface area (Å²) in [5, 5.41) is 0.521. The Labute approximate surface area is 85.8 Å². The molecule has 0 N–H and O–H groups in total. The van der Waals surface area contributed by atoms with E-state index < -0.39 is 0 Å². The smallest absolute Gasteiger partial charge is 0.00230 e. The van der Waals surface area contributed by atoms with E-state index in [4.69, 9.17) is 0 Å². The van der Waals surface area contributed by atoms with Crippen LogP contribution in [0.1, 0.15) is 23.6 Å². The first-order valence-electron chi connectivity index (χ1n) is 4.93. The third-order valence-corrected chi connectivity index (χ3v) is 3.43. The maximum atomic E-state index is 4.52. The molecule has 1 aliphatic carbocycles. The van der Waals surface area contributed by atoms with E-state index in [1.807, 2.05) is 0 Å². The normalized spacial score (nSPS) is 22.8. The second-order valence-corrected chi connectivity index (χ2v) is 5.00. The molecule has 0 radical (unpaired) electrons. The molecule has 0 bridgehead atoms. The molecule has 13 heavy (non-hydrogen) atoms. The van der Waals surface area contributed by atoms with Crippen LogP contribution in [0.5, 0.6) is 0 Å². The van der Waals surface area contributed by atoms with Crippen LogP contribution in [0.4, 0.5) is 0 Å². The van der Waals surface area contributed by atoms with Gasteiger partial charge in [0, 0.05) is 5.25 Å². The summed E-state index contributed by atoms with van der Waals surface area (Å²) in [6, 6.07) is 6.82. The average molecular weight is 192 g/mol. The van der Waals surface area contributed by atoms with Gasteiger partial charge in [-0.3, -0.25) is 0 Å². The Morgan fingerprint density at radius 1 is 1.31 bits per heavy atom. The molecule has 2 unspecified atom stereocenters. The van der Waals surface area contributed by atoms with Crippen LogP contribution in [0, 0.1) is 12.8 Å². The second kappa shape index (κ2) is 3.38. The van der Waals surface area contributed by atoms with Gasteiger partial charge in [-0.15, -0.1) is 0 Å². The van der Waals surface area contributed by atoms with Crippen molar-refractivity contribution in [2.24, 2.45) is 5.92 Å². The Kier molecular flexibility index (Phi) is 2.37. The summed E-state index contributed by atoms with van der Waals surface area (Å²) in [5.41, 5.74) is 4.47. The molecule has 2 atom stereocenters. The molecule has 0 amide bonds. The molecular formula is C12H16S. The predicted octanol–water partition coefficient (Wildman–Crippen LogP) is 3.03. The number of rotatable bonds is 1. The molecule has 0 saturated heterocycles. The van der Waals surface area contributed by atoms with Crippen molar-refractivity contribution in [1.82, 2.24) is 0 Å². The fraction of sp³-hybridized carbons (Fsp3) is 0.500. The lowest BCUT2D eigenvalue weighted by atomic mass is 10.0. The van der Waals surface area contributed by atoms with Gasteiger partial charge in [-0.25, -0.2) is 0 Å². The van der Waals surface area contributed by atoms with E-state index in [9.17, 15) is 0 Å². The van der Waals surface area contributed by atoms with E-state index in [1.165, 1.54) is 24.0 Å². The molecule has 0 heterocycles. The van der Waals surface area contributed by atoms with Gasteiger partial charge in [-0.05, 0) is 36.8 Å². The Morgan fingerprint density at radius 2 is 2.00 bits per heavy atom. The number of hydrogen-bond donors (Lipinski definition) is 1. The fourth-order valence-corrected chi connectivity index (χ4v) is 2.33. The van der Waals surface area contributed by atoms with E-state index in [2.05, 4.69) is 44.7 Å². The van der Waals surface area contributed by atoms with Crippen LogP contribution in [-0.2, 0) is 12.8 Å².